The SMILES string of the molecule is CCCC(=O)Nc1cncc(-c2ccc3[nH]nc(-c4nc5nccc(-c6ccccn6)c5[nH]4)c3c2)c1. The lowest BCUT2D eigenvalue weighted by molar-refractivity contribution is -0.116. The van der Waals surface area contributed by atoms with Crippen molar-refractivity contribution >= 4 is 33.7 Å². The molecule has 6 rings (SSSR count). The summed E-state index contributed by atoms with van der Waals surface area (Å²) in [5.74, 6) is 0.593. The molecule has 3 N–H and O–H groups in total. The van der Waals surface area contributed by atoms with Crippen LogP contribution in [0.15, 0.2) is 73.3 Å². The van der Waals surface area contributed by atoms with Crippen LogP contribution in [0.3, 0.4) is 0 Å². The topological polar surface area (TPSA) is 125 Å². The number of hydrogen-bond donors (Lipinski definition) is 3. The van der Waals surface area contributed by atoms with E-state index >= 15 is 0 Å². The van der Waals surface area contributed by atoms with E-state index in [1.54, 1.807) is 24.8 Å². The molecule has 0 aliphatic rings. The van der Waals surface area contributed by atoms with E-state index in [4.69, 9.17) is 4.98 Å². The number of aromatic amines is 2. The van der Waals surface area contributed by atoms with Gasteiger partial charge in [0.1, 0.15) is 5.69 Å². The third-order valence-corrected chi connectivity index (χ3v) is 5.95. The number of carbonyl (C=O) groups excluding carboxylic acids is 1. The first-order chi connectivity index (χ1) is 17.7. The van der Waals surface area contributed by atoms with Crippen molar-refractivity contribution in [3.05, 3.63) is 73.3 Å². The van der Waals surface area contributed by atoms with Crippen molar-refractivity contribution in [2.24, 2.45) is 0 Å². The fraction of sp³-hybridized carbons (Fsp3) is 0.111. The van der Waals surface area contributed by atoms with Gasteiger partial charge in [0.05, 0.1) is 28.6 Å². The highest BCUT2D eigenvalue weighted by atomic mass is 16.1. The van der Waals surface area contributed by atoms with Crippen molar-refractivity contribution in [1.82, 2.24) is 35.1 Å². The van der Waals surface area contributed by atoms with E-state index in [2.05, 4.69) is 35.5 Å². The molecule has 0 atom stereocenters. The summed E-state index contributed by atoms with van der Waals surface area (Å²) >= 11 is 0. The predicted octanol–water partition coefficient (Wildman–Crippen LogP) is 5.36. The standard InChI is InChI=1S/C27H22N8O/c1-2-5-23(36)31-18-12-17(14-28-15-18)16-7-8-22-20(13-16)25(35-34-22)27-32-24-19(9-11-30-26(24)33-27)21-6-3-4-10-29-21/h3-4,6-15H,2,5H2,1H3,(H,31,36)(H,34,35)(H,30,32,33). The number of aromatic nitrogens is 7. The molecule has 0 aliphatic heterocycles. The number of benzene rings is 1. The summed E-state index contributed by atoms with van der Waals surface area (Å²) in [6, 6.07) is 15.7. The molecule has 0 aliphatic carbocycles. The molecule has 9 heteroatoms. The highest BCUT2D eigenvalue weighted by Gasteiger charge is 2.17. The zero-order valence-corrected chi connectivity index (χ0v) is 19.5. The van der Waals surface area contributed by atoms with Gasteiger partial charge in [-0.3, -0.25) is 19.9 Å². The van der Waals surface area contributed by atoms with Gasteiger partial charge in [-0.2, -0.15) is 5.10 Å². The van der Waals surface area contributed by atoms with Crippen LogP contribution >= 0.6 is 0 Å². The van der Waals surface area contributed by atoms with Gasteiger partial charge in [-0.15, -0.1) is 0 Å². The molecule has 5 heterocycles. The van der Waals surface area contributed by atoms with E-state index in [0.29, 0.717) is 29.3 Å². The highest BCUT2D eigenvalue weighted by molar-refractivity contribution is 5.97. The second-order valence-electron chi connectivity index (χ2n) is 8.45. The van der Waals surface area contributed by atoms with E-state index < -0.39 is 0 Å². The maximum Gasteiger partial charge on any atom is 0.224 e. The lowest BCUT2D eigenvalue weighted by atomic mass is 10.0. The zero-order valence-electron chi connectivity index (χ0n) is 19.5. The molecule has 0 saturated carbocycles. The smallest absolute Gasteiger partial charge is 0.224 e. The number of nitrogens with zero attached hydrogens (tertiary/aromatic N) is 5. The molecule has 0 spiro atoms. The van der Waals surface area contributed by atoms with Crippen molar-refractivity contribution in [1.29, 1.82) is 0 Å². The van der Waals surface area contributed by atoms with Crippen molar-refractivity contribution in [3.63, 3.8) is 0 Å². The van der Waals surface area contributed by atoms with Crippen molar-refractivity contribution in [2.45, 2.75) is 19.8 Å². The second kappa shape index (κ2) is 9.03. The maximum atomic E-state index is 12.0. The monoisotopic (exact) mass is 474 g/mol. The fourth-order valence-corrected chi connectivity index (χ4v) is 4.25. The Bertz CT molecular complexity index is 1700. The molecule has 0 bridgehead atoms. The Morgan fingerprint density at radius 3 is 2.81 bits per heavy atom. The Balaban J connectivity index is 1.40. The molecule has 1 aromatic carbocycles. The third kappa shape index (κ3) is 3.96. The van der Waals surface area contributed by atoms with Crippen LogP contribution in [0.5, 0.6) is 0 Å². The van der Waals surface area contributed by atoms with Gasteiger partial charge in [0.25, 0.3) is 0 Å². The van der Waals surface area contributed by atoms with E-state index in [1.165, 1.54) is 0 Å². The van der Waals surface area contributed by atoms with Crippen LogP contribution in [-0.4, -0.2) is 41.0 Å². The van der Waals surface area contributed by atoms with Crippen molar-refractivity contribution in [3.8, 4) is 33.9 Å². The number of nitrogens with one attached hydrogen (secondary N) is 3. The van der Waals surface area contributed by atoms with Crippen molar-refractivity contribution in [2.75, 3.05) is 5.32 Å². The largest absolute Gasteiger partial charge is 0.335 e. The summed E-state index contributed by atoms with van der Waals surface area (Å²) in [7, 11) is 0. The number of pyridine rings is 3. The molecule has 0 saturated heterocycles. The Labute approximate surface area is 206 Å². The maximum absolute atomic E-state index is 12.0. The Morgan fingerprint density at radius 2 is 1.94 bits per heavy atom. The Hall–Kier alpha value is -4.92. The van der Waals surface area contributed by atoms with Crippen LogP contribution in [-0.2, 0) is 4.79 Å². The summed E-state index contributed by atoms with van der Waals surface area (Å²) in [5, 5.41) is 11.5. The first kappa shape index (κ1) is 21.6. The molecule has 0 fully saturated rings. The lowest BCUT2D eigenvalue weighted by Crippen LogP contribution is -2.10. The minimum Gasteiger partial charge on any atom is -0.335 e. The normalized spacial score (nSPS) is 11.2. The zero-order chi connectivity index (χ0) is 24.5. The minimum atomic E-state index is -0.0208. The number of anilines is 1. The van der Waals surface area contributed by atoms with E-state index in [1.807, 2.05) is 55.5 Å². The number of fused-ring (bicyclic) bond motifs is 2. The molecule has 176 valence electrons. The van der Waals surface area contributed by atoms with Gasteiger partial charge in [-0.05, 0) is 48.4 Å². The Kier molecular flexibility index (Phi) is 5.42. The van der Waals surface area contributed by atoms with E-state index in [9.17, 15) is 4.79 Å². The first-order valence-electron chi connectivity index (χ1n) is 11.7. The number of rotatable bonds is 6. The third-order valence-electron chi connectivity index (χ3n) is 5.95. The number of carbonyl (C=O) groups is 1. The van der Waals surface area contributed by atoms with Gasteiger partial charge in [0.2, 0.25) is 5.91 Å². The quantitative estimate of drug-likeness (QED) is 0.298. The van der Waals surface area contributed by atoms with Gasteiger partial charge in [0, 0.05) is 41.5 Å². The molecule has 36 heavy (non-hydrogen) atoms. The van der Waals surface area contributed by atoms with E-state index in [-0.39, 0.29) is 5.91 Å². The number of H-pyrrole nitrogens is 2. The summed E-state index contributed by atoms with van der Waals surface area (Å²) in [4.78, 5) is 33.4. The van der Waals surface area contributed by atoms with Crippen LogP contribution in [0.1, 0.15) is 19.8 Å². The number of hydrogen-bond acceptors (Lipinski definition) is 6. The van der Waals surface area contributed by atoms with Crippen LogP contribution in [0.2, 0.25) is 0 Å². The summed E-state index contributed by atoms with van der Waals surface area (Å²) in [6.45, 7) is 1.98. The molecule has 9 nitrogen and oxygen atoms in total. The molecule has 0 radical (unpaired) electrons. The molecule has 5 aromatic heterocycles. The average Bonchev–Trinajstić information content (AvgIpc) is 3.53. The number of amides is 1. The van der Waals surface area contributed by atoms with Gasteiger partial charge in [-0.1, -0.05) is 19.1 Å². The Morgan fingerprint density at radius 1 is 1.00 bits per heavy atom. The van der Waals surface area contributed by atoms with E-state index in [0.717, 1.165) is 45.2 Å². The van der Waals surface area contributed by atoms with Crippen LogP contribution < -0.4 is 5.32 Å². The van der Waals surface area contributed by atoms with Crippen LogP contribution in [0, 0.1) is 0 Å². The van der Waals surface area contributed by atoms with Gasteiger partial charge < -0.3 is 10.3 Å². The van der Waals surface area contributed by atoms with Gasteiger partial charge in [-0.25, -0.2) is 9.97 Å². The van der Waals surface area contributed by atoms with Gasteiger partial charge >= 0.3 is 0 Å². The molecule has 6 aromatic rings. The van der Waals surface area contributed by atoms with Gasteiger partial charge in [0.15, 0.2) is 11.5 Å². The van der Waals surface area contributed by atoms with Crippen LogP contribution in [0.4, 0.5) is 5.69 Å². The summed E-state index contributed by atoms with van der Waals surface area (Å²) < 4.78 is 0. The molecule has 1 amide bonds. The van der Waals surface area contributed by atoms with Crippen molar-refractivity contribution < 1.29 is 4.79 Å². The average molecular weight is 475 g/mol. The molecular formula is C27H22N8O. The summed E-state index contributed by atoms with van der Waals surface area (Å²) in [6.07, 6.45) is 8.19. The van der Waals surface area contributed by atoms with Crippen LogP contribution in [0.25, 0.3) is 56.0 Å². The minimum absolute atomic E-state index is 0.0208. The number of imidazole rings is 1. The second-order valence-corrected chi connectivity index (χ2v) is 8.45. The molecule has 0 unspecified atom stereocenters. The predicted molar refractivity (Wildman–Crippen MR) is 139 cm³/mol. The summed E-state index contributed by atoms with van der Waals surface area (Å²) in [5.41, 5.74) is 7.25. The first-order valence-corrected chi connectivity index (χ1v) is 11.7. The lowest BCUT2D eigenvalue weighted by Gasteiger charge is -2.07. The highest BCUT2D eigenvalue weighted by Crippen LogP contribution is 2.32. The molecular weight excluding hydrogens is 452 g/mol. The fourth-order valence-electron chi connectivity index (χ4n) is 4.25.